The summed E-state index contributed by atoms with van der Waals surface area (Å²) in [7, 11) is 0. The second kappa shape index (κ2) is 10.9. The van der Waals surface area contributed by atoms with Gasteiger partial charge in [0.05, 0.1) is 12.2 Å². The van der Waals surface area contributed by atoms with Crippen LogP contribution in [-0.2, 0) is 16.1 Å². The molecule has 2 aromatic rings. The number of hydrogen-bond donors (Lipinski definition) is 2. The van der Waals surface area contributed by atoms with E-state index >= 15 is 0 Å². The highest BCUT2D eigenvalue weighted by atomic mass is 19.4. The van der Waals surface area contributed by atoms with Crippen molar-refractivity contribution in [3.8, 4) is 0 Å². The number of benzene rings is 1. The molecular formula is C22H26F4N4O3. The van der Waals surface area contributed by atoms with Crippen molar-refractivity contribution in [2.45, 2.75) is 37.6 Å². The number of ether oxygens (including phenoxy) is 1. The lowest BCUT2D eigenvalue weighted by Crippen LogP contribution is -2.47. The first kappa shape index (κ1) is 24.8. The van der Waals surface area contributed by atoms with Crippen LogP contribution in [0.4, 0.5) is 23.5 Å². The smallest absolute Gasteiger partial charge is 0.475 e. The molecule has 4 rings (SSSR count). The largest absolute Gasteiger partial charge is 0.490 e. The van der Waals surface area contributed by atoms with Gasteiger partial charge in [0.1, 0.15) is 5.82 Å². The third-order valence-electron chi connectivity index (χ3n) is 5.56. The van der Waals surface area contributed by atoms with Crippen molar-refractivity contribution in [3.05, 3.63) is 54.1 Å². The van der Waals surface area contributed by atoms with Crippen LogP contribution < -0.4 is 5.32 Å². The third kappa shape index (κ3) is 7.64. The zero-order chi connectivity index (χ0) is 23.9. The molecule has 11 heteroatoms. The fourth-order valence-corrected chi connectivity index (χ4v) is 4.20. The summed E-state index contributed by atoms with van der Waals surface area (Å²) in [6, 6.07) is 8.71. The number of carboxylic acid groups (broad SMARTS) is 1. The molecule has 2 aliphatic heterocycles. The Morgan fingerprint density at radius 1 is 1.27 bits per heavy atom. The molecule has 180 valence electrons. The van der Waals surface area contributed by atoms with Gasteiger partial charge in [-0.3, -0.25) is 4.90 Å². The lowest BCUT2D eigenvalue weighted by Gasteiger charge is -2.40. The van der Waals surface area contributed by atoms with Crippen LogP contribution >= 0.6 is 0 Å². The van der Waals surface area contributed by atoms with Gasteiger partial charge < -0.3 is 15.2 Å². The Bertz CT molecular complexity index is 916. The molecule has 0 aliphatic carbocycles. The molecule has 3 heterocycles. The molecule has 2 atom stereocenters. The number of likely N-dealkylation sites (tertiary alicyclic amines) is 1. The van der Waals surface area contributed by atoms with Gasteiger partial charge in [-0.25, -0.2) is 19.2 Å². The summed E-state index contributed by atoms with van der Waals surface area (Å²) >= 11 is 0. The van der Waals surface area contributed by atoms with Crippen LogP contribution in [0.2, 0.25) is 0 Å². The van der Waals surface area contributed by atoms with E-state index in [-0.39, 0.29) is 11.4 Å². The number of alkyl halides is 3. The van der Waals surface area contributed by atoms with Gasteiger partial charge in [-0.15, -0.1) is 0 Å². The standard InChI is InChI=1S/C20H25FN4O.C2HF3O2/c21-18-5-1-4-16(10-18)13-25-9-2-6-20(15-25)11-17(14-26-20)12-24-19-22-7-3-8-23-19;3-2(4,5)1(6)7/h1,3-5,7-8,10,17H,2,6,9,11-15H2,(H,22,23,24);(H,6,7). The summed E-state index contributed by atoms with van der Waals surface area (Å²) in [5.41, 5.74) is 0.967. The van der Waals surface area contributed by atoms with E-state index in [0.717, 1.165) is 57.6 Å². The molecule has 33 heavy (non-hydrogen) atoms. The molecule has 0 amide bonds. The second-order valence-electron chi connectivity index (χ2n) is 8.26. The van der Waals surface area contributed by atoms with E-state index in [2.05, 4.69) is 20.2 Å². The summed E-state index contributed by atoms with van der Waals surface area (Å²) < 4.78 is 51.4. The molecule has 1 spiro atoms. The van der Waals surface area contributed by atoms with Crippen molar-refractivity contribution < 1.29 is 32.2 Å². The van der Waals surface area contributed by atoms with Crippen LogP contribution in [0.3, 0.4) is 0 Å². The van der Waals surface area contributed by atoms with Crippen molar-refractivity contribution in [3.63, 3.8) is 0 Å². The molecule has 0 saturated carbocycles. The minimum atomic E-state index is -5.08. The zero-order valence-corrected chi connectivity index (χ0v) is 17.9. The van der Waals surface area contributed by atoms with Crippen molar-refractivity contribution >= 4 is 11.9 Å². The molecule has 1 aromatic carbocycles. The molecule has 2 aliphatic rings. The molecule has 2 saturated heterocycles. The van der Waals surface area contributed by atoms with E-state index in [0.29, 0.717) is 11.9 Å². The van der Waals surface area contributed by atoms with E-state index < -0.39 is 12.1 Å². The SMILES string of the molecule is Fc1cccc(CN2CCCC3(CC(CNc4ncccn4)CO3)C2)c1.O=C(O)C(F)(F)F. The van der Waals surface area contributed by atoms with E-state index in [4.69, 9.17) is 14.6 Å². The summed E-state index contributed by atoms with van der Waals surface area (Å²) in [6.07, 6.45) is 1.68. The predicted octanol–water partition coefficient (Wildman–Crippen LogP) is 3.73. The lowest BCUT2D eigenvalue weighted by atomic mass is 9.86. The van der Waals surface area contributed by atoms with Crippen molar-refractivity contribution in [2.24, 2.45) is 5.92 Å². The van der Waals surface area contributed by atoms with Crippen LogP contribution in [-0.4, -0.2) is 64.0 Å². The van der Waals surface area contributed by atoms with Gasteiger partial charge in [0.15, 0.2) is 0 Å². The molecule has 2 fully saturated rings. The first-order valence-corrected chi connectivity index (χ1v) is 10.6. The first-order valence-electron chi connectivity index (χ1n) is 10.6. The Balaban J connectivity index is 0.000000383. The monoisotopic (exact) mass is 470 g/mol. The topological polar surface area (TPSA) is 87.6 Å². The highest BCUT2D eigenvalue weighted by Gasteiger charge is 2.43. The number of aromatic nitrogens is 2. The lowest BCUT2D eigenvalue weighted by molar-refractivity contribution is -0.192. The quantitative estimate of drug-likeness (QED) is 0.644. The van der Waals surface area contributed by atoms with Crippen LogP contribution in [0.1, 0.15) is 24.8 Å². The van der Waals surface area contributed by atoms with Crippen LogP contribution in [0.15, 0.2) is 42.7 Å². The Kier molecular flexibility index (Phi) is 8.20. The number of anilines is 1. The molecule has 2 N–H and O–H groups in total. The number of nitrogens with zero attached hydrogens (tertiary/aromatic N) is 3. The van der Waals surface area contributed by atoms with Gasteiger partial charge in [-0.1, -0.05) is 12.1 Å². The number of hydrogen-bond acceptors (Lipinski definition) is 6. The van der Waals surface area contributed by atoms with Gasteiger partial charge in [0.25, 0.3) is 0 Å². The highest BCUT2D eigenvalue weighted by molar-refractivity contribution is 5.73. The van der Waals surface area contributed by atoms with Crippen LogP contribution in [0.5, 0.6) is 0 Å². The maximum absolute atomic E-state index is 13.4. The highest BCUT2D eigenvalue weighted by Crippen LogP contribution is 2.37. The van der Waals surface area contributed by atoms with Crippen molar-refractivity contribution in [1.82, 2.24) is 14.9 Å². The normalized spacial score (nSPS) is 23.1. The van der Waals surface area contributed by atoms with E-state index in [9.17, 15) is 17.6 Å². The Morgan fingerprint density at radius 3 is 2.67 bits per heavy atom. The third-order valence-corrected chi connectivity index (χ3v) is 5.56. The minimum Gasteiger partial charge on any atom is -0.475 e. The molecule has 1 aromatic heterocycles. The van der Waals surface area contributed by atoms with Crippen molar-refractivity contribution in [1.29, 1.82) is 0 Å². The second-order valence-corrected chi connectivity index (χ2v) is 8.26. The minimum absolute atomic E-state index is 0.0601. The maximum Gasteiger partial charge on any atom is 0.490 e. The fourth-order valence-electron chi connectivity index (χ4n) is 4.20. The Morgan fingerprint density at radius 2 is 2.00 bits per heavy atom. The number of carbonyl (C=O) groups is 1. The van der Waals surface area contributed by atoms with Gasteiger partial charge in [-0.05, 0) is 49.6 Å². The van der Waals surface area contributed by atoms with Gasteiger partial charge >= 0.3 is 12.1 Å². The molecular weight excluding hydrogens is 444 g/mol. The van der Waals surface area contributed by atoms with Crippen molar-refractivity contribution in [2.75, 3.05) is 31.6 Å². The van der Waals surface area contributed by atoms with Crippen LogP contribution in [0.25, 0.3) is 0 Å². The molecule has 7 nitrogen and oxygen atoms in total. The van der Waals surface area contributed by atoms with Gasteiger partial charge in [0.2, 0.25) is 5.95 Å². The summed E-state index contributed by atoms with van der Waals surface area (Å²) in [5.74, 6) is -1.79. The predicted molar refractivity (Wildman–Crippen MR) is 112 cm³/mol. The van der Waals surface area contributed by atoms with E-state index in [1.54, 1.807) is 24.5 Å². The number of carboxylic acids is 1. The number of rotatable bonds is 5. The fraction of sp³-hybridized carbons (Fsp3) is 0.500. The average Bonchev–Trinajstić information content (AvgIpc) is 3.15. The zero-order valence-electron chi connectivity index (χ0n) is 17.9. The van der Waals surface area contributed by atoms with Gasteiger partial charge in [-0.2, -0.15) is 13.2 Å². The average molecular weight is 470 g/mol. The van der Waals surface area contributed by atoms with Gasteiger partial charge in [0, 0.05) is 37.9 Å². The Hall–Kier alpha value is -2.79. The summed E-state index contributed by atoms with van der Waals surface area (Å²) in [4.78, 5) is 19.7. The molecule has 0 radical (unpaired) electrons. The number of piperidine rings is 1. The maximum atomic E-state index is 13.4. The Labute approximate surface area is 188 Å². The van der Waals surface area contributed by atoms with E-state index in [1.165, 1.54) is 6.07 Å². The first-order chi connectivity index (χ1) is 15.7. The number of halogens is 4. The van der Waals surface area contributed by atoms with Crippen LogP contribution in [0, 0.1) is 11.7 Å². The number of aliphatic carboxylic acids is 1. The number of nitrogens with one attached hydrogen (secondary N) is 1. The molecule has 2 unspecified atom stereocenters. The molecule has 0 bridgehead atoms. The van der Waals surface area contributed by atoms with E-state index in [1.807, 2.05) is 12.1 Å². The summed E-state index contributed by atoms with van der Waals surface area (Å²) in [6.45, 7) is 4.34. The summed E-state index contributed by atoms with van der Waals surface area (Å²) in [5, 5.41) is 10.4.